The number of nitrogens with one attached hydrogen (secondary N) is 1. The van der Waals surface area contributed by atoms with Crippen molar-refractivity contribution >= 4 is 11.7 Å². The lowest BCUT2D eigenvalue weighted by Gasteiger charge is -2.04. The van der Waals surface area contributed by atoms with E-state index in [2.05, 4.69) is 15.4 Å². The normalized spacial score (nSPS) is 10.1. The van der Waals surface area contributed by atoms with E-state index in [1.807, 2.05) is 0 Å². The van der Waals surface area contributed by atoms with E-state index in [0.29, 0.717) is 11.4 Å². The number of pyridine rings is 1. The molecule has 0 bridgehead atoms. The van der Waals surface area contributed by atoms with E-state index in [1.165, 1.54) is 16.9 Å². The summed E-state index contributed by atoms with van der Waals surface area (Å²) in [6, 6.07) is 4.17. The summed E-state index contributed by atoms with van der Waals surface area (Å²) in [6.45, 7) is 0. The summed E-state index contributed by atoms with van der Waals surface area (Å²) >= 11 is 0. The maximum absolute atomic E-state index is 12.5. The van der Waals surface area contributed by atoms with Crippen LogP contribution in [0.5, 0.6) is 0 Å². The molecule has 1 amide bonds. The number of aryl methyl sites for hydroxylation is 1. The average Bonchev–Trinajstić information content (AvgIpc) is 2.65. The van der Waals surface area contributed by atoms with Crippen molar-refractivity contribution in [3.05, 3.63) is 42.1 Å². The van der Waals surface area contributed by atoms with Crippen molar-refractivity contribution in [1.29, 1.82) is 0 Å². The lowest BCUT2D eigenvalue weighted by atomic mass is 10.3. The summed E-state index contributed by atoms with van der Waals surface area (Å²) in [5.74, 6) is -0.400. The molecule has 0 aliphatic rings. The molecule has 0 aromatic carbocycles. The fraction of sp³-hybridized carbons (Fsp3) is 0.100. The van der Waals surface area contributed by atoms with Gasteiger partial charge in [-0.05, 0) is 12.1 Å². The van der Waals surface area contributed by atoms with E-state index in [4.69, 9.17) is 0 Å². The number of anilines is 1. The van der Waals surface area contributed by atoms with Gasteiger partial charge >= 0.3 is 0 Å². The lowest BCUT2D eigenvalue weighted by molar-refractivity contribution is 0.102. The second kappa shape index (κ2) is 4.09. The Balaban J connectivity index is 2.15. The number of halogens is 1. The van der Waals surface area contributed by atoms with Gasteiger partial charge in [0, 0.05) is 19.3 Å². The summed E-state index contributed by atoms with van der Waals surface area (Å²) in [5, 5.41) is 6.53. The molecule has 1 N–H and O–H groups in total. The van der Waals surface area contributed by atoms with Crippen molar-refractivity contribution in [3.8, 4) is 0 Å². The van der Waals surface area contributed by atoms with Crippen LogP contribution in [0.15, 0.2) is 30.6 Å². The van der Waals surface area contributed by atoms with Gasteiger partial charge in [-0.15, -0.1) is 0 Å². The molecule has 2 aromatic heterocycles. The van der Waals surface area contributed by atoms with Gasteiger partial charge in [0.25, 0.3) is 5.91 Å². The highest BCUT2D eigenvalue weighted by Crippen LogP contribution is 2.07. The maximum Gasteiger partial charge on any atom is 0.258 e. The summed E-state index contributed by atoms with van der Waals surface area (Å²) in [7, 11) is 1.71. The molecule has 0 saturated carbocycles. The van der Waals surface area contributed by atoms with E-state index in [9.17, 15) is 9.18 Å². The van der Waals surface area contributed by atoms with Crippen molar-refractivity contribution < 1.29 is 9.18 Å². The van der Waals surface area contributed by atoms with Gasteiger partial charge in [0.1, 0.15) is 5.82 Å². The SMILES string of the molecule is Cn1nccc1NC(=O)c1ccc(F)nc1. The smallest absolute Gasteiger partial charge is 0.258 e. The van der Waals surface area contributed by atoms with Crippen LogP contribution in [0.2, 0.25) is 0 Å². The van der Waals surface area contributed by atoms with Crippen molar-refractivity contribution in [1.82, 2.24) is 14.8 Å². The number of amides is 1. The third-order valence-corrected chi connectivity index (χ3v) is 2.05. The molecule has 0 saturated heterocycles. The molecule has 2 rings (SSSR count). The highest BCUT2D eigenvalue weighted by atomic mass is 19.1. The number of aromatic nitrogens is 3. The molecular weight excluding hydrogens is 211 g/mol. The summed E-state index contributed by atoms with van der Waals surface area (Å²) < 4.78 is 14.1. The van der Waals surface area contributed by atoms with Gasteiger partial charge in [0.2, 0.25) is 5.95 Å². The van der Waals surface area contributed by atoms with Crippen molar-refractivity contribution in [2.75, 3.05) is 5.32 Å². The van der Waals surface area contributed by atoms with Crippen molar-refractivity contribution in [2.24, 2.45) is 7.05 Å². The molecule has 5 nitrogen and oxygen atoms in total. The Bertz CT molecular complexity index is 506. The minimum atomic E-state index is -0.614. The van der Waals surface area contributed by atoms with Crippen LogP contribution in [0.25, 0.3) is 0 Å². The molecule has 16 heavy (non-hydrogen) atoms. The van der Waals surface area contributed by atoms with Gasteiger partial charge in [-0.3, -0.25) is 9.48 Å². The molecule has 0 unspecified atom stereocenters. The van der Waals surface area contributed by atoms with Crippen LogP contribution in [0, 0.1) is 5.95 Å². The fourth-order valence-corrected chi connectivity index (χ4v) is 1.20. The molecule has 0 aliphatic carbocycles. The molecule has 0 radical (unpaired) electrons. The Morgan fingerprint density at radius 1 is 1.44 bits per heavy atom. The number of carbonyl (C=O) groups is 1. The van der Waals surface area contributed by atoms with E-state index in [-0.39, 0.29) is 5.91 Å². The minimum absolute atomic E-state index is 0.294. The summed E-state index contributed by atoms with van der Waals surface area (Å²) in [4.78, 5) is 15.1. The number of carbonyl (C=O) groups excluding carboxylic acids is 1. The molecule has 0 fully saturated rings. The van der Waals surface area contributed by atoms with Gasteiger partial charge in [-0.25, -0.2) is 4.98 Å². The van der Waals surface area contributed by atoms with Crippen LogP contribution >= 0.6 is 0 Å². The first-order chi connectivity index (χ1) is 7.66. The average molecular weight is 220 g/mol. The third-order valence-electron chi connectivity index (χ3n) is 2.05. The topological polar surface area (TPSA) is 59.8 Å². The van der Waals surface area contributed by atoms with Crippen LogP contribution in [0.1, 0.15) is 10.4 Å². The van der Waals surface area contributed by atoms with Crippen LogP contribution in [-0.2, 0) is 7.05 Å². The third kappa shape index (κ3) is 2.05. The first-order valence-corrected chi connectivity index (χ1v) is 4.58. The van der Waals surface area contributed by atoms with Crippen molar-refractivity contribution in [2.45, 2.75) is 0 Å². The molecule has 2 aromatic rings. The molecule has 0 spiro atoms. The van der Waals surface area contributed by atoms with E-state index >= 15 is 0 Å². The van der Waals surface area contributed by atoms with Gasteiger partial charge in [0.15, 0.2) is 0 Å². The zero-order chi connectivity index (χ0) is 11.5. The maximum atomic E-state index is 12.5. The predicted octanol–water partition coefficient (Wildman–Crippen LogP) is 1.21. The molecule has 0 atom stereocenters. The molecule has 82 valence electrons. The molecule has 0 aliphatic heterocycles. The van der Waals surface area contributed by atoms with Crippen LogP contribution < -0.4 is 5.32 Å². The Morgan fingerprint density at radius 3 is 2.81 bits per heavy atom. The Labute approximate surface area is 90.9 Å². The fourth-order valence-electron chi connectivity index (χ4n) is 1.20. The van der Waals surface area contributed by atoms with Crippen LogP contribution in [0.3, 0.4) is 0 Å². The summed E-state index contributed by atoms with van der Waals surface area (Å²) in [5.41, 5.74) is 0.294. The van der Waals surface area contributed by atoms with Gasteiger partial charge in [-0.2, -0.15) is 9.49 Å². The van der Waals surface area contributed by atoms with Crippen molar-refractivity contribution in [3.63, 3.8) is 0 Å². The summed E-state index contributed by atoms with van der Waals surface area (Å²) in [6.07, 6.45) is 2.75. The van der Waals surface area contributed by atoms with E-state index < -0.39 is 5.95 Å². The Morgan fingerprint density at radius 2 is 2.25 bits per heavy atom. The highest BCUT2D eigenvalue weighted by molar-refractivity contribution is 6.03. The standard InChI is InChI=1S/C10H9FN4O/c1-15-9(4-5-13-15)14-10(16)7-2-3-8(11)12-6-7/h2-6H,1H3,(H,14,16). The van der Waals surface area contributed by atoms with Crippen LogP contribution in [0.4, 0.5) is 10.2 Å². The number of hydrogen-bond acceptors (Lipinski definition) is 3. The van der Waals surface area contributed by atoms with E-state index in [1.54, 1.807) is 19.3 Å². The zero-order valence-electron chi connectivity index (χ0n) is 8.51. The van der Waals surface area contributed by atoms with Gasteiger partial charge in [0.05, 0.1) is 11.8 Å². The number of hydrogen-bond donors (Lipinski definition) is 1. The lowest BCUT2D eigenvalue weighted by Crippen LogP contribution is -2.14. The number of nitrogens with zero attached hydrogens (tertiary/aromatic N) is 3. The van der Waals surface area contributed by atoms with E-state index in [0.717, 1.165) is 6.07 Å². The largest absolute Gasteiger partial charge is 0.307 e. The molecular formula is C10H9FN4O. The molecule has 2 heterocycles. The monoisotopic (exact) mass is 220 g/mol. The Hall–Kier alpha value is -2.24. The predicted molar refractivity (Wildman–Crippen MR) is 55.4 cm³/mol. The zero-order valence-corrected chi connectivity index (χ0v) is 8.51. The quantitative estimate of drug-likeness (QED) is 0.774. The molecule has 6 heteroatoms. The van der Waals surface area contributed by atoms with Crippen LogP contribution in [-0.4, -0.2) is 20.7 Å². The first kappa shape index (κ1) is 10.3. The number of rotatable bonds is 2. The van der Waals surface area contributed by atoms with Gasteiger partial charge in [-0.1, -0.05) is 0 Å². The first-order valence-electron chi connectivity index (χ1n) is 4.58. The minimum Gasteiger partial charge on any atom is -0.307 e. The Kier molecular flexibility index (Phi) is 2.63. The van der Waals surface area contributed by atoms with Gasteiger partial charge < -0.3 is 5.32 Å². The second-order valence-corrected chi connectivity index (χ2v) is 3.16. The highest BCUT2D eigenvalue weighted by Gasteiger charge is 2.08. The second-order valence-electron chi connectivity index (χ2n) is 3.16.